The Morgan fingerprint density at radius 3 is 2.83 bits per heavy atom. The van der Waals surface area contributed by atoms with Crippen molar-refractivity contribution in [2.24, 2.45) is 0 Å². The number of tetrazole rings is 1. The van der Waals surface area contributed by atoms with E-state index in [2.05, 4.69) is 37.3 Å². The van der Waals surface area contributed by atoms with Crippen molar-refractivity contribution in [3.63, 3.8) is 0 Å². The van der Waals surface area contributed by atoms with Crippen molar-refractivity contribution in [2.45, 2.75) is 82.8 Å². The van der Waals surface area contributed by atoms with Crippen molar-refractivity contribution in [3.05, 3.63) is 29.8 Å². The normalized spacial score (nSPS) is 22.9. The van der Waals surface area contributed by atoms with Crippen molar-refractivity contribution in [1.29, 1.82) is 5.26 Å². The number of nitrogens with zero attached hydrogens (tertiary/aromatic N) is 6. The molecule has 4 unspecified atom stereocenters. The molecule has 0 aliphatic carbocycles. The first kappa shape index (κ1) is 29.1. The quantitative estimate of drug-likeness (QED) is 0.389. The molecule has 13 heteroatoms. The maximum Gasteiger partial charge on any atom is 0.408 e. The van der Waals surface area contributed by atoms with Crippen LogP contribution < -0.4 is 10.6 Å². The van der Waals surface area contributed by atoms with Crippen LogP contribution in [0.15, 0.2) is 24.3 Å². The number of benzene rings is 1. The Balaban J connectivity index is 1.45. The lowest BCUT2D eigenvalue weighted by molar-refractivity contribution is -0.134. The molecule has 3 N–H and O–H groups in total. The first-order valence-corrected chi connectivity index (χ1v) is 13.6. The lowest BCUT2D eigenvalue weighted by Gasteiger charge is -2.31. The number of H-pyrrole nitrogens is 1. The number of nitriles is 1. The van der Waals surface area contributed by atoms with Crippen LogP contribution in [-0.2, 0) is 14.3 Å². The summed E-state index contributed by atoms with van der Waals surface area (Å²) in [5.74, 6) is 0.162. The van der Waals surface area contributed by atoms with Crippen molar-refractivity contribution in [3.8, 4) is 17.5 Å². The third-order valence-corrected chi connectivity index (χ3v) is 7.17. The molecule has 2 saturated heterocycles. The van der Waals surface area contributed by atoms with Crippen LogP contribution in [0.25, 0.3) is 11.4 Å². The zero-order valence-corrected chi connectivity index (χ0v) is 23.3. The molecule has 13 nitrogen and oxygen atoms in total. The van der Waals surface area contributed by atoms with Gasteiger partial charge >= 0.3 is 6.09 Å². The Labute approximate surface area is 233 Å². The number of aldehydes is 1. The molecule has 2 aromatic rings. The number of likely N-dealkylation sites (tertiary alicyclic amines) is 2. The topological polar surface area (TPSA) is 169 Å². The first-order valence-electron chi connectivity index (χ1n) is 13.6. The summed E-state index contributed by atoms with van der Waals surface area (Å²) >= 11 is 0. The van der Waals surface area contributed by atoms with E-state index in [9.17, 15) is 19.6 Å². The second-order valence-electron chi connectivity index (χ2n) is 11.4. The van der Waals surface area contributed by atoms with Crippen LogP contribution in [-0.4, -0.2) is 98.1 Å². The number of alkyl carbamates (subject to hydrolysis) is 1. The highest BCUT2D eigenvalue weighted by Crippen LogP contribution is 2.25. The molecule has 0 spiro atoms. The molecular weight excluding hydrogens is 514 g/mol. The fourth-order valence-electron chi connectivity index (χ4n) is 5.32. The largest absolute Gasteiger partial charge is 0.444 e. The number of hydrogen-bond acceptors (Lipinski definition) is 10. The van der Waals surface area contributed by atoms with Gasteiger partial charge < -0.3 is 25.1 Å². The standard InChI is InChI=1S/C27H37N9O4/c1-17(18-7-5-8-19(11-18)24-31-33-34-32-24)29-20-12-22(16-37)35(14-20)15-23(30-26(39)40-27(2,3)4)25(38)36-10-6-9-21(36)13-28/h5,7-8,11,16-17,20-23,29H,6,9-10,12,14-15H2,1-4H3,(H,30,39)(H,31,32,33,34)/t17?,20-,21?,22?,23?/m0/s1. The predicted molar refractivity (Wildman–Crippen MR) is 145 cm³/mol. The van der Waals surface area contributed by atoms with Gasteiger partial charge in [0.1, 0.15) is 24.0 Å². The number of ether oxygens (including phenoxy) is 1. The van der Waals surface area contributed by atoms with E-state index in [1.165, 1.54) is 4.90 Å². The number of aromatic amines is 1. The van der Waals surface area contributed by atoms with Crippen molar-refractivity contribution < 1.29 is 19.1 Å². The molecule has 2 amide bonds. The summed E-state index contributed by atoms with van der Waals surface area (Å²) in [6.45, 7) is 8.34. The van der Waals surface area contributed by atoms with Gasteiger partial charge in [0.15, 0.2) is 0 Å². The van der Waals surface area contributed by atoms with Gasteiger partial charge in [-0.05, 0) is 63.8 Å². The van der Waals surface area contributed by atoms with Crippen molar-refractivity contribution in [2.75, 3.05) is 19.6 Å². The number of amides is 2. The molecule has 0 radical (unpaired) electrons. The number of aromatic nitrogens is 4. The number of hydrogen-bond donors (Lipinski definition) is 3. The molecule has 214 valence electrons. The number of nitrogens with one attached hydrogen (secondary N) is 3. The third kappa shape index (κ3) is 7.19. The second kappa shape index (κ2) is 12.5. The smallest absolute Gasteiger partial charge is 0.408 e. The molecule has 2 aliphatic rings. The van der Waals surface area contributed by atoms with E-state index in [1.807, 2.05) is 36.1 Å². The molecule has 40 heavy (non-hydrogen) atoms. The molecule has 0 bridgehead atoms. The zero-order chi connectivity index (χ0) is 28.9. The summed E-state index contributed by atoms with van der Waals surface area (Å²) in [4.78, 5) is 41.7. The summed E-state index contributed by atoms with van der Waals surface area (Å²) < 4.78 is 5.41. The van der Waals surface area contributed by atoms with Crippen LogP contribution in [0.5, 0.6) is 0 Å². The second-order valence-corrected chi connectivity index (χ2v) is 11.4. The van der Waals surface area contributed by atoms with E-state index in [4.69, 9.17) is 4.74 Å². The molecule has 0 saturated carbocycles. The highest BCUT2D eigenvalue weighted by Gasteiger charge is 2.39. The molecular formula is C27H37N9O4. The van der Waals surface area contributed by atoms with Gasteiger partial charge in [-0.3, -0.25) is 9.69 Å². The SMILES string of the molecule is CC(N[C@H]1CC(C=O)N(CC(NC(=O)OC(C)(C)C)C(=O)N2CCCC2C#N)C1)c1cccc(-c2nn[nH]n2)c1. The summed E-state index contributed by atoms with van der Waals surface area (Å²) in [5, 5.41) is 30.0. The Hall–Kier alpha value is -3.89. The minimum atomic E-state index is -0.964. The van der Waals surface area contributed by atoms with Gasteiger partial charge in [0, 0.05) is 37.3 Å². The van der Waals surface area contributed by atoms with Gasteiger partial charge in [-0.15, -0.1) is 10.2 Å². The molecule has 2 fully saturated rings. The Kier molecular flexibility index (Phi) is 9.11. The van der Waals surface area contributed by atoms with Gasteiger partial charge in [0.05, 0.1) is 12.1 Å². The average Bonchev–Trinajstić information content (AvgIpc) is 3.68. The van der Waals surface area contributed by atoms with Gasteiger partial charge in [-0.25, -0.2) is 4.79 Å². The summed E-state index contributed by atoms with van der Waals surface area (Å²) in [5.41, 5.74) is 1.12. The minimum absolute atomic E-state index is 0.0325. The first-order chi connectivity index (χ1) is 19.1. The molecule has 4 rings (SSSR count). The molecule has 5 atom stereocenters. The highest BCUT2D eigenvalue weighted by atomic mass is 16.6. The van der Waals surface area contributed by atoms with Gasteiger partial charge in [-0.2, -0.15) is 10.5 Å². The van der Waals surface area contributed by atoms with E-state index >= 15 is 0 Å². The van der Waals surface area contributed by atoms with Crippen molar-refractivity contribution >= 4 is 18.3 Å². The van der Waals surface area contributed by atoms with Gasteiger partial charge in [-0.1, -0.05) is 18.2 Å². The number of rotatable bonds is 9. The fourth-order valence-corrected chi connectivity index (χ4v) is 5.32. The van der Waals surface area contributed by atoms with Crippen LogP contribution in [0.2, 0.25) is 0 Å². The van der Waals surface area contributed by atoms with Gasteiger partial charge in [0.2, 0.25) is 11.7 Å². The summed E-state index contributed by atoms with van der Waals surface area (Å²) in [6.07, 6.45) is 2.04. The van der Waals surface area contributed by atoms with Crippen LogP contribution in [0, 0.1) is 11.3 Å². The highest BCUT2D eigenvalue weighted by molar-refractivity contribution is 5.86. The monoisotopic (exact) mass is 551 g/mol. The number of carbonyl (C=O) groups excluding carboxylic acids is 3. The maximum atomic E-state index is 13.5. The summed E-state index contributed by atoms with van der Waals surface area (Å²) in [6, 6.07) is 8.02. The molecule has 2 aliphatic heterocycles. The predicted octanol–water partition coefficient (Wildman–Crippen LogP) is 1.57. The number of carbonyl (C=O) groups is 3. The van der Waals surface area contributed by atoms with Crippen LogP contribution in [0.4, 0.5) is 4.79 Å². The van der Waals surface area contributed by atoms with Crippen LogP contribution in [0.1, 0.15) is 58.6 Å². The Bertz CT molecular complexity index is 1220. The minimum Gasteiger partial charge on any atom is -0.444 e. The van der Waals surface area contributed by atoms with E-state index in [-0.39, 0.29) is 24.5 Å². The van der Waals surface area contributed by atoms with E-state index in [0.717, 1.165) is 23.8 Å². The fraction of sp³-hybridized carbons (Fsp3) is 0.593. The summed E-state index contributed by atoms with van der Waals surface area (Å²) in [7, 11) is 0. The average molecular weight is 552 g/mol. The van der Waals surface area contributed by atoms with E-state index in [1.54, 1.807) is 20.8 Å². The Morgan fingerprint density at radius 1 is 1.35 bits per heavy atom. The zero-order valence-electron chi connectivity index (χ0n) is 23.3. The molecule has 1 aromatic heterocycles. The lowest BCUT2D eigenvalue weighted by atomic mass is 10.0. The van der Waals surface area contributed by atoms with Gasteiger partial charge in [0.25, 0.3) is 0 Å². The molecule has 1 aromatic carbocycles. The van der Waals surface area contributed by atoms with E-state index in [0.29, 0.717) is 31.8 Å². The maximum absolute atomic E-state index is 13.5. The van der Waals surface area contributed by atoms with E-state index < -0.39 is 29.8 Å². The van der Waals surface area contributed by atoms with Crippen LogP contribution in [0.3, 0.4) is 0 Å². The third-order valence-electron chi connectivity index (χ3n) is 7.17. The molecule has 3 heterocycles. The Morgan fingerprint density at radius 2 is 2.15 bits per heavy atom. The van der Waals surface area contributed by atoms with Crippen LogP contribution >= 0.6 is 0 Å². The lowest BCUT2D eigenvalue weighted by Crippen LogP contribution is -2.56. The van der Waals surface area contributed by atoms with Crippen molar-refractivity contribution in [1.82, 2.24) is 41.1 Å².